The number of hydrogen-bond donors (Lipinski definition) is 3. The zero-order valence-corrected chi connectivity index (χ0v) is 10.7. The maximum atomic E-state index is 13.3. The van der Waals surface area contributed by atoms with Crippen molar-refractivity contribution in [2.45, 2.75) is 44.6 Å². The number of nitrogens with one attached hydrogen (secondary N) is 1. The summed E-state index contributed by atoms with van der Waals surface area (Å²) in [5.41, 5.74) is 10.1. The number of rotatable bonds is 4. The minimum absolute atomic E-state index is 0.0520. The van der Waals surface area contributed by atoms with Gasteiger partial charge in [-0.25, -0.2) is 4.39 Å². The Bertz CT molecular complexity index is 389. The summed E-state index contributed by atoms with van der Waals surface area (Å²) in [5, 5.41) is 0. The monoisotopic (exact) mass is 251 g/mol. The van der Waals surface area contributed by atoms with Gasteiger partial charge in [0.05, 0.1) is 0 Å². The number of nitrogens with two attached hydrogens (primary N) is 2. The van der Waals surface area contributed by atoms with E-state index >= 15 is 0 Å². The Morgan fingerprint density at radius 1 is 1.28 bits per heavy atom. The molecule has 0 aromatic heterocycles. The van der Waals surface area contributed by atoms with Crippen LogP contribution in [0.25, 0.3) is 0 Å². The van der Waals surface area contributed by atoms with Gasteiger partial charge >= 0.3 is 0 Å². The maximum Gasteiger partial charge on any atom is 0.123 e. The molecular formula is C14H22FN3. The normalized spacial score (nSPS) is 18.8. The first-order valence-corrected chi connectivity index (χ1v) is 6.71. The van der Waals surface area contributed by atoms with E-state index in [-0.39, 0.29) is 11.9 Å². The van der Waals surface area contributed by atoms with Crippen LogP contribution in [0.3, 0.4) is 0 Å². The van der Waals surface area contributed by atoms with E-state index in [9.17, 15) is 4.39 Å². The SMILES string of the molecule is NNC(CC1CCCCC1)c1cc(F)ccc1N. The summed E-state index contributed by atoms with van der Waals surface area (Å²) >= 11 is 0. The lowest BCUT2D eigenvalue weighted by molar-refractivity contribution is 0.301. The maximum absolute atomic E-state index is 13.3. The molecular weight excluding hydrogens is 229 g/mol. The topological polar surface area (TPSA) is 64.1 Å². The van der Waals surface area contributed by atoms with Crippen molar-refractivity contribution in [2.75, 3.05) is 5.73 Å². The molecule has 0 spiro atoms. The Labute approximate surface area is 108 Å². The second-order valence-electron chi connectivity index (χ2n) is 5.23. The van der Waals surface area contributed by atoms with E-state index < -0.39 is 0 Å². The number of halogens is 1. The van der Waals surface area contributed by atoms with Crippen molar-refractivity contribution in [3.05, 3.63) is 29.6 Å². The lowest BCUT2D eigenvalue weighted by atomic mass is 9.83. The molecule has 5 N–H and O–H groups in total. The average Bonchev–Trinajstić information content (AvgIpc) is 2.40. The van der Waals surface area contributed by atoms with E-state index in [2.05, 4.69) is 5.43 Å². The van der Waals surface area contributed by atoms with E-state index in [1.54, 1.807) is 6.07 Å². The van der Waals surface area contributed by atoms with Gasteiger partial charge in [0.25, 0.3) is 0 Å². The lowest BCUT2D eigenvalue weighted by Gasteiger charge is -2.27. The zero-order chi connectivity index (χ0) is 13.0. The van der Waals surface area contributed by atoms with Gasteiger partial charge in [-0.05, 0) is 36.1 Å². The Morgan fingerprint density at radius 2 is 2.00 bits per heavy atom. The third-order valence-corrected chi connectivity index (χ3v) is 3.92. The molecule has 1 aliphatic rings. The number of hydrazine groups is 1. The van der Waals surface area contributed by atoms with E-state index in [0.717, 1.165) is 12.0 Å². The minimum atomic E-state index is -0.261. The van der Waals surface area contributed by atoms with E-state index in [1.165, 1.54) is 44.2 Å². The molecule has 1 fully saturated rings. The second kappa shape index (κ2) is 6.16. The Hall–Kier alpha value is -1.13. The van der Waals surface area contributed by atoms with Gasteiger partial charge in [0.1, 0.15) is 5.82 Å². The predicted molar refractivity (Wildman–Crippen MR) is 72.1 cm³/mol. The molecule has 18 heavy (non-hydrogen) atoms. The minimum Gasteiger partial charge on any atom is -0.398 e. The van der Waals surface area contributed by atoms with Crippen LogP contribution in [-0.4, -0.2) is 0 Å². The summed E-state index contributed by atoms with van der Waals surface area (Å²) in [5.74, 6) is 6.02. The summed E-state index contributed by atoms with van der Waals surface area (Å²) in [4.78, 5) is 0. The molecule has 0 amide bonds. The highest BCUT2D eigenvalue weighted by molar-refractivity contribution is 5.48. The van der Waals surface area contributed by atoms with Gasteiger partial charge in [0.2, 0.25) is 0 Å². The molecule has 0 saturated heterocycles. The predicted octanol–water partition coefficient (Wildman–Crippen LogP) is 2.88. The number of hydrogen-bond acceptors (Lipinski definition) is 3. The Morgan fingerprint density at radius 3 is 2.67 bits per heavy atom. The molecule has 4 heteroatoms. The Balaban J connectivity index is 2.09. The average molecular weight is 251 g/mol. The molecule has 0 bridgehead atoms. The third kappa shape index (κ3) is 3.21. The van der Waals surface area contributed by atoms with Crippen LogP contribution in [0.4, 0.5) is 10.1 Å². The van der Waals surface area contributed by atoms with Gasteiger partial charge in [-0.2, -0.15) is 0 Å². The van der Waals surface area contributed by atoms with E-state index in [4.69, 9.17) is 11.6 Å². The van der Waals surface area contributed by atoms with Crippen LogP contribution in [0.15, 0.2) is 18.2 Å². The molecule has 100 valence electrons. The third-order valence-electron chi connectivity index (χ3n) is 3.92. The fraction of sp³-hybridized carbons (Fsp3) is 0.571. The highest BCUT2D eigenvalue weighted by atomic mass is 19.1. The van der Waals surface area contributed by atoms with Gasteiger partial charge in [-0.15, -0.1) is 0 Å². The van der Waals surface area contributed by atoms with Crippen LogP contribution in [0.2, 0.25) is 0 Å². The summed E-state index contributed by atoms with van der Waals surface area (Å²) in [6.45, 7) is 0. The van der Waals surface area contributed by atoms with Gasteiger partial charge in [-0.1, -0.05) is 32.1 Å². The van der Waals surface area contributed by atoms with E-state index in [0.29, 0.717) is 11.6 Å². The van der Waals surface area contributed by atoms with Crippen LogP contribution in [0, 0.1) is 11.7 Å². The fourth-order valence-corrected chi connectivity index (χ4v) is 2.89. The van der Waals surface area contributed by atoms with Gasteiger partial charge in [-0.3, -0.25) is 11.3 Å². The van der Waals surface area contributed by atoms with Crippen LogP contribution in [-0.2, 0) is 0 Å². The first kappa shape index (κ1) is 13.3. The first-order chi connectivity index (χ1) is 8.70. The van der Waals surface area contributed by atoms with Crippen molar-refractivity contribution in [3.63, 3.8) is 0 Å². The summed E-state index contributed by atoms with van der Waals surface area (Å²) in [6.07, 6.45) is 7.34. The molecule has 0 heterocycles. The quantitative estimate of drug-likeness (QED) is 0.438. The molecule has 1 saturated carbocycles. The largest absolute Gasteiger partial charge is 0.398 e. The molecule has 1 aliphatic carbocycles. The van der Waals surface area contributed by atoms with Crippen molar-refractivity contribution in [1.29, 1.82) is 0 Å². The lowest BCUT2D eigenvalue weighted by Crippen LogP contribution is -2.30. The van der Waals surface area contributed by atoms with Crippen LogP contribution < -0.4 is 17.0 Å². The molecule has 1 atom stereocenters. The van der Waals surface area contributed by atoms with Crippen molar-refractivity contribution in [3.8, 4) is 0 Å². The number of nitrogen functional groups attached to an aromatic ring is 1. The van der Waals surface area contributed by atoms with Crippen LogP contribution in [0.1, 0.15) is 50.1 Å². The summed E-state index contributed by atoms with van der Waals surface area (Å²) in [7, 11) is 0. The summed E-state index contributed by atoms with van der Waals surface area (Å²) in [6, 6.07) is 4.43. The smallest absolute Gasteiger partial charge is 0.123 e. The molecule has 1 unspecified atom stereocenters. The van der Waals surface area contributed by atoms with Crippen molar-refractivity contribution in [1.82, 2.24) is 5.43 Å². The van der Waals surface area contributed by atoms with Crippen LogP contribution in [0.5, 0.6) is 0 Å². The highest BCUT2D eigenvalue weighted by Crippen LogP contribution is 2.33. The van der Waals surface area contributed by atoms with Gasteiger partial charge in [0, 0.05) is 11.7 Å². The molecule has 3 nitrogen and oxygen atoms in total. The molecule has 1 aromatic carbocycles. The second-order valence-corrected chi connectivity index (χ2v) is 5.23. The van der Waals surface area contributed by atoms with Crippen LogP contribution >= 0.6 is 0 Å². The molecule has 2 rings (SSSR count). The van der Waals surface area contributed by atoms with Crippen molar-refractivity contribution < 1.29 is 4.39 Å². The summed E-state index contributed by atoms with van der Waals surface area (Å²) < 4.78 is 13.3. The van der Waals surface area contributed by atoms with E-state index in [1.807, 2.05) is 0 Å². The molecule has 0 aliphatic heterocycles. The number of anilines is 1. The van der Waals surface area contributed by atoms with Crippen molar-refractivity contribution >= 4 is 5.69 Å². The highest BCUT2D eigenvalue weighted by Gasteiger charge is 2.21. The fourth-order valence-electron chi connectivity index (χ4n) is 2.89. The zero-order valence-electron chi connectivity index (χ0n) is 10.7. The Kier molecular flexibility index (Phi) is 4.55. The van der Waals surface area contributed by atoms with Crippen molar-refractivity contribution in [2.24, 2.45) is 11.8 Å². The van der Waals surface area contributed by atoms with Gasteiger partial charge < -0.3 is 5.73 Å². The standard InChI is InChI=1S/C14H22FN3/c15-11-6-7-13(16)12(9-11)14(18-17)8-10-4-2-1-3-5-10/h6-7,9-10,14,18H,1-5,8,16-17H2. The molecule has 1 aromatic rings. The molecule has 0 radical (unpaired) electrons. The number of benzene rings is 1. The van der Waals surface area contributed by atoms with Gasteiger partial charge in [0.15, 0.2) is 0 Å². The first-order valence-electron chi connectivity index (χ1n) is 6.71.